The Kier molecular flexibility index (Phi) is 4.84. The molecule has 5 nitrogen and oxygen atoms in total. The van der Waals surface area contributed by atoms with Gasteiger partial charge in [0, 0.05) is 11.6 Å². The van der Waals surface area contributed by atoms with Gasteiger partial charge in [-0.2, -0.15) is 0 Å². The largest absolute Gasteiger partial charge is 0.493 e. The van der Waals surface area contributed by atoms with Crippen LogP contribution in [0.15, 0.2) is 18.2 Å². The van der Waals surface area contributed by atoms with Crippen LogP contribution in [0.4, 0.5) is 0 Å². The number of hydrogen-bond acceptors (Lipinski definition) is 4. The molecule has 2 atom stereocenters. The van der Waals surface area contributed by atoms with Crippen molar-refractivity contribution in [1.82, 2.24) is 10.6 Å². The molecule has 0 saturated carbocycles. The highest BCUT2D eigenvalue weighted by Gasteiger charge is 2.23. The predicted molar refractivity (Wildman–Crippen MR) is 77.5 cm³/mol. The number of ether oxygens (including phenoxy) is 2. The number of carbonyl (C=O) groups excluding carboxylic acids is 1. The molecule has 1 aliphatic rings. The Bertz CT molecular complexity index is 470. The molecule has 20 heavy (non-hydrogen) atoms. The summed E-state index contributed by atoms with van der Waals surface area (Å²) in [6.07, 6.45) is 1.10. The van der Waals surface area contributed by atoms with Crippen molar-refractivity contribution in [1.29, 1.82) is 0 Å². The second kappa shape index (κ2) is 6.61. The third kappa shape index (κ3) is 3.22. The normalized spacial score (nSPS) is 19.4. The predicted octanol–water partition coefficient (Wildman–Crippen LogP) is 1.43. The molecule has 1 fully saturated rings. The Balaban J connectivity index is 2.04. The second-order valence-corrected chi connectivity index (χ2v) is 5.08. The zero-order valence-corrected chi connectivity index (χ0v) is 12.2. The van der Waals surface area contributed by atoms with Gasteiger partial charge in [0.25, 0.3) is 5.91 Å². The van der Waals surface area contributed by atoms with Gasteiger partial charge in [-0.15, -0.1) is 0 Å². The van der Waals surface area contributed by atoms with Crippen LogP contribution >= 0.6 is 0 Å². The average molecular weight is 278 g/mol. The SMILES string of the molecule is COc1ccc(C(=O)NC(C)C2CCNC2)cc1OC. The van der Waals surface area contributed by atoms with Gasteiger partial charge in [0.15, 0.2) is 11.5 Å². The summed E-state index contributed by atoms with van der Waals surface area (Å²) in [5.74, 6) is 1.61. The highest BCUT2D eigenvalue weighted by molar-refractivity contribution is 5.95. The third-order valence-corrected chi connectivity index (χ3v) is 3.81. The Morgan fingerprint density at radius 3 is 2.70 bits per heavy atom. The highest BCUT2D eigenvalue weighted by atomic mass is 16.5. The van der Waals surface area contributed by atoms with E-state index >= 15 is 0 Å². The summed E-state index contributed by atoms with van der Waals surface area (Å²) in [5.41, 5.74) is 0.584. The molecule has 0 spiro atoms. The molecule has 1 aromatic carbocycles. The van der Waals surface area contributed by atoms with Gasteiger partial charge < -0.3 is 20.1 Å². The zero-order valence-electron chi connectivity index (χ0n) is 12.2. The monoisotopic (exact) mass is 278 g/mol. The maximum Gasteiger partial charge on any atom is 0.251 e. The molecule has 1 aliphatic heterocycles. The van der Waals surface area contributed by atoms with E-state index in [-0.39, 0.29) is 11.9 Å². The van der Waals surface area contributed by atoms with E-state index in [1.807, 2.05) is 0 Å². The van der Waals surface area contributed by atoms with Crippen LogP contribution < -0.4 is 20.1 Å². The van der Waals surface area contributed by atoms with Crippen molar-refractivity contribution in [2.45, 2.75) is 19.4 Å². The topological polar surface area (TPSA) is 59.6 Å². The van der Waals surface area contributed by atoms with Crippen molar-refractivity contribution in [3.05, 3.63) is 23.8 Å². The second-order valence-electron chi connectivity index (χ2n) is 5.08. The first kappa shape index (κ1) is 14.7. The van der Waals surface area contributed by atoms with Gasteiger partial charge in [-0.05, 0) is 50.6 Å². The molecular weight excluding hydrogens is 256 g/mol. The summed E-state index contributed by atoms with van der Waals surface area (Å²) in [6.45, 7) is 4.05. The van der Waals surface area contributed by atoms with Crippen LogP contribution in [-0.2, 0) is 0 Å². The summed E-state index contributed by atoms with van der Waals surface area (Å²) in [4.78, 5) is 12.3. The molecule has 0 aromatic heterocycles. The van der Waals surface area contributed by atoms with E-state index in [0.717, 1.165) is 19.5 Å². The van der Waals surface area contributed by atoms with Crippen LogP contribution in [0.3, 0.4) is 0 Å². The van der Waals surface area contributed by atoms with Crippen LogP contribution in [0.5, 0.6) is 11.5 Å². The van der Waals surface area contributed by atoms with E-state index < -0.39 is 0 Å². The van der Waals surface area contributed by atoms with Crippen molar-refractivity contribution < 1.29 is 14.3 Å². The van der Waals surface area contributed by atoms with Crippen molar-refractivity contribution in [2.24, 2.45) is 5.92 Å². The molecule has 0 bridgehead atoms. The molecular formula is C15H22N2O3. The molecule has 110 valence electrons. The highest BCUT2D eigenvalue weighted by Crippen LogP contribution is 2.27. The van der Waals surface area contributed by atoms with E-state index in [2.05, 4.69) is 17.6 Å². The van der Waals surface area contributed by atoms with E-state index in [4.69, 9.17) is 9.47 Å². The average Bonchev–Trinajstić information content (AvgIpc) is 3.00. The molecule has 2 rings (SSSR count). The molecule has 0 aliphatic carbocycles. The van der Waals surface area contributed by atoms with Crippen molar-refractivity contribution in [2.75, 3.05) is 27.3 Å². The Labute approximate surface area is 119 Å². The molecule has 2 N–H and O–H groups in total. The fraction of sp³-hybridized carbons (Fsp3) is 0.533. The number of hydrogen-bond donors (Lipinski definition) is 2. The minimum Gasteiger partial charge on any atom is -0.493 e. The Hall–Kier alpha value is -1.75. The zero-order chi connectivity index (χ0) is 14.5. The molecule has 1 amide bonds. The van der Waals surface area contributed by atoms with Crippen molar-refractivity contribution >= 4 is 5.91 Å². The first-order chi connectivity index (χ1) is 9.65. The number of amides is 1. The molecule has 5 heteroatoms. The van der Waals surface area contributed by atoms with Crippen LogP contribution in [-0.4, -0.2) is 39.3 Å². The van der Waals surface area contributed by atoms with E-state index in [0.29, 0.717) is 23.0 Å². The number of benzene rings is 1. The number of carbonyl (C=O) groups is 1. The summed E-state index contributed by atoms with van der Waals surface area (Å²) in [5, 5.41) is 6.36. The van der Waals surface area contributed by atoms with Gasteiger partial charge in [-0.1, -0.05) is 0 Å². The molecule has 1 saturated heterocycles. The van der Waals surface area contributed by atoms with Gasteiger partial charge in [0.2, 0.25) is 0 Å². The summed E-state index contributed by atoms with van der Waals surface area (Å²) in [7, 11) is 3.14. The minimum absolute atomic E-state index is 0.0784. The van der Waals surface area contributed by atoms with Crippen molar-refractivity contribution in [3.8, 4) is 11.5 Å². The van der Waals surface area contributed by atoms with Gasteiger partial charge >= 0.3 is 0 Å². The van der Waals surface area contributed by atoms with Crippen LogP contribution in [0.2, 0.25) is 0 Å². The Morgan fingerprint density at radius 1 is 1.35 bits per heavy atom. The lowest BCUT2D eigenvalue weighted by molar-refractivity contribution is 0.0928. The van der Waals surface area contributed by atoms with Gasteiger partial charge in [-0.25, -0.2) is 0 Å². The first-order valence-electron chi connectivity index (χ1n) is 6.89. The third-order valence-electron chi connectivity index (χ3n) is 3.81. The van der Waals surface area contributed by atoms with E-state index in [1.165, 1.54) is 0 Å². The summed E-state index contributed by atoms with van der Waals surface area (Å²) in [6, 6.07) is 5.35. The van der Waals surface area contributed by atoms with Crippen molar-refractivity contribution in [3.63, 3.8) is 0 Å². The lowest BCUT2D eigenvalue weighted by atomic mass is 10.0. The molecule has 1 heterocycles. The van der Waals surface area contributed by atoms with Crippen LogP contribution in [0.25, 0.3) is 0 Å². The minimum atomic E-state index is -0.0784. The Morgan fingerprint density at radius 2 is 2.10 bits per heavy atom. The first-order valence-corrected chi connectivity index (χ1v) is 6.89. The van der Waals surface area contributed by atoms with Crippen LogP contribution in [0.1, 0.15) is 23.7 Å². The number of rotatable bonds is 5. The number of nitrogens with one attached hydrogen (secondary N) is 2. The fourth-order valence-electron chi connectivity index (χ4n) is 2.49. The van der Waals surface area contributed by atoms with Crippen LogP contribution in [0, 0.1) is 5.92 Å². The lowest BCUT2D eigenvalue weighted by Gasteiger charge is -2.20. The fourth-order valence-corrected chi connectivity index (χ4v) is 2.49. The standard InChI is InChI=1S/C15H22N2O3/c1-10(12-6-7-16-9-12)17-15(18)11-4-5-13(19-2)14(8-11)20-3/h4-5,8,10,12,16H,6-7,9H2,1-3H3,(H,17,18). The maximum atomic E-state index is 12.3. The number of methoxy groups -OCH3 is 2. The van der Waals surface area contributed by atoms with Gasteiger partial charge in [0.05, 0.1) is 14.2 Å². The van der Waals surface area contributed by atoms with Gasteiger partial charge in [-0.3, -0.25) is 4.79 Å². The lowest BCUT2D eigenvalue weighted by Crippen LogP contribution is -2.38. The molecule has 0 radical (unpaired) electrons. The van der Waals surface area contributed by atoms with E-state index in [9.17, 15) is 4.79 Å². The molecule has 1 aromatic rings. The smallest absolute Gasteiger partial charge is 0.251 e. The van der Waals surface area contributed by atoms with E-state index in [1.54, 1.807) is 32.4 Å². The summed E-state index contributed by atoms with van der Waals surface area (Å²) < 4.78 is 10.4. The maximum absolute atomic E-state index is 12.3. The molecule has 2 unspecified atom stereocenters. The van der Waals surface area contributed by atoms with Gasteiger partial charge in [0.1, 0.15) is 0 Å². The quantitative estimate of drug-likeness (QED) is 0.855. The summed E-state index contributed by atoms with van der Waals surface area (Å²) >= 11 is 0.